The molecule has 3 rings (SSSR count). The molecular formula is C19H27N. The van der Waals surface area contributed by atoms with Gasteiger partial charge >= 0.3 is 0 Å². The van der Waals surface area contributed by atoms with Gasteiger partial charge in [-0.2, -0.15) is 0 Å². The lowest BCUT2D eigenvalue weighted by Gasteiger charge is -2.39. The van der Waals surface area contributed by atoms with E-state index < -0.39 is 0 Å². The summed E-state index contributed by atoms with van der Waals surface area (Å²) in [5.74, 6) is 2.01. The lowest BCUT2D eigenvalue weighted by atomic mass is 9.84. The second-order valence-corrected chi connectivity index (χ2v) is 6.57. The average Bonchev–Trinajstić information content (AvgIpc) is 3.18. The lowest BCUT2D eigenvalue weighted by molar-refractivity contribution is 0.121. The summed E-state index contributed by atoms with van der Waals surface area (Å²) in [5.41, 5.74) is 0. The Labute approximate surface area is 123 Å². The maximum Gasteiger partial charge on any atom is 0.0196 e. The van der Waals surface area contributed by atoms with E-state index >= 15 is 0 Å². The molecule has 3 aliphatic rings. The molecule has 0 spiro atoms. The van der Waals surface area contributed by atoms with Gasteiger partial charge in [0.15, 0.2) is 0 Å². The predicted molar refractivity (Wildman–Crippen MR) is 86.5 cm³/mol. The molecule has 1 fully saturated rings. The summed E-state index contributed by atoms with van der Waals surface area (Å²) >= 11 is 0. The van der Waals surface area contributed by atoms with Crippen LogP contribution in [0.2, 0.25) is 0 Å². The molecule has 0 bridgehead atoms. The molecule has 2 unspecified atom stereocenters. The number of hydrogen-bond acceptors (Lipinski definition) is 1. The van der Waals surface area contributed by atoms with Crippen molar-refractivity contribution in [2.24, 2.45) is 17.8 Å². The molecular weight excluding hydrogens is 242 g/mol. The van der Waals surface area contributed by atoms with Crippen molar-refractivity contribution in [3.05, 3.63) is 48.6 Å². The van der Waals surface area contributed by atoms with Gasteiger partial charge in [-0.05, 0) is 44.2 Å². The third kappa shape index (κ3) is 3.15. The normalized spacial score (nSPS) is 26.6. The molecule has 2 atom stereocenters. The molecule has 1 nitrogen and oxygen atoms in total. The molecule has 0 aromatic heterocycles. The zero-order valence-electron chi connectivity index (χ0n) is 12.6. The van der Waals surface area contributed by atoms with Crippen LogP contribution >= 0.6 is 0 Å². The van der Waals surface area contributed by atoms with E-state index in [0.29, 0.717) is 17.9 Å². The molecule has 0 N–H and O–H groups in total. The highest BCUT2D eigenvalue weighted by atomic mass is 15.2. The van der Waals surface area contributed by atoms with Crippen LogP contribution in [0.25, 0.3) is 0 Å². The summed E-state index contributed by atoms with van der Waals surface area (Å²) in [6, 6.07) is 0.697. The minimum atomic E-state index is 0.630. The van der Waals surface area contributed by atoms with Crippen LogP contribution in [0.5, 0.6) is 0 Å². The maximum atomic E-state index is 2.76. The van der Waals surface area contributed by atoms with Crippen molar-refractivity contribution in [3.8, 4) is 0 Å². The van der Waals surface area contributed by atoms with Crippen LogP contribution in [0, 0.1) is 17.8 Å². The van der Waals surface area contributed by atoms with E-state index in [4.69, 9.17) is 0 Å². The molecule has 0 aromatic rings. The number of rotatable bonds is 5. The lowest BCUT2D eigenvalue weighted by Crippen LogP contribution is -2.43. The van der Waals surface area contributed by atoms with Crippen molar-refractivity contribution in [3.63, 3.8) is 0 Å². The Balaban J connectivity index is 1.67. The van der Waals surface area contributed by atoms with E-state index in [0.717, 1.165) is 5.92 Å². The second-order valence-electron chi connectivity index (χ2n) is 6.57. The monoisotopic (exact) mass is 269 g/mol. The molecule has 1 heteroatoms. The predicted octanol–water partition coefficient (Wildman–Crippen LogP) is 4.35. The van der Waals surface area contributed by atoms with Crippen molar-refractivity contribution in [2.45, 2.75) is 38.6 Å². The van der Waals surface area contributed by atoms with Crippen LogP contribution in [0.15, 0.2) is 48.6 Å². The first-order chi connectivity index (χ1) is 9.84. The SMILES string of the molecule is CC(CC(C1C=CC=C1)N1CCCCC1)C1C=CC=C1. The fraction of sp³-hybridized carbons (Fsp3) is 0.579. The van der Waals surface area contributed by atoms with Crippen molar-refractivity contribution in [1.82, 2.24) is 4.90 Å². The quantitative estimate of drug-likeness (QED) is 0.717. The van der Waals surface area contributed by atoms with Crippen LogP contribution < -0.4 is 0 Å². The van der Waals surface area contributed by atoms with Crippen LogP contribution in [0.4, 0.5) is 0 Å². The Morgan fingerprint density at radius 2 is 1.40 bits per heavy atom. The fourth-order valence-electron chi connectivity index (χ4n) is 3.87. The van der Waals surface area contributed by atoms with Gasteiger partial charge in [-0.25, -0.2) is 0 Å². The zero-order chi connectivity index (χ0) is 13.8. The Morgan fingerprint density at radius 1 is 0.850 bits per heavy atom. The van der Waals surface area contributed by atoms with Crippen LogP contribution in [0.3, 0.4) is 0 Å². The van der Waals surface area contributed by atoms with Crippen LogP contribution in [0.1, 0.15) is 32.6 Å². The first-order valence-corrected chi connectivity index (χ1v) is 8.28. The first-order valence-electron chi connectivity index (χ1n) is 8.28. The molecule has 0 aromatic carbocycles. The third-order valence-corrected chi connectivity index (χ3v) is 5.13. The van der Waals surface area contributed by atoms with E-state index in [1.54, 1.807) is 0 Å². The van der Waals surface area contributed by atoms with Gasteiger partial charge < -0.3 is 0 Å². The average molecular weight is 269 g/mol. The topological polar surface area (TPSA) is 3.24 Å². The molecule has 20 heavy (non-hydrogen) atoms. The van der Waals surface area contributed by atoms with Gasteiger partial charge in [0.2, 0.25) is 0 Å². The van der Waals surface area contributed by atoms with E-state index in [1.807, 2.05) is 0 Å². The van der Waals surface area contributed by atoms with Gasteiger partial charge in [-0.3, -0.25) is 4.90 Å². The maximum absolute atomic E-state index is 2.76. The molecule has 1 heterocycles. The highest BCUT2D eigenvalue weighted by molar-refractivity contribution is 5.21. The van der Waals surface area contributed by atoms with E-state index in [9.17, 15) is 0 Å². The summed E-state index contributed by atoms with van der Waals surface area (Å²) < 4.78 is 0. The summed E-state index contributed by atoms with van der Waals surface area (Å²) in [7, 11) is 0. The summed E-state index contributed by atoms with van der Waals surface area (Å²) in [4.78, 5) is 2.76. The minimum absolute atomic E-state index is 0.630. The molecule has 1 aliphatic heterocycles. The highest BCUT2D eigenvalue weighted by Gasteiger charge is 2.29. The molecule has 2 aliphatic carbocycles. The van der Waals surface area contributed by atoms with Gasteiger partial charge in [0.1, 0.15) is 0 Å². The van der Waals surface area contributed by atoms with Crippen molar-refractivity contribution >= 4 is 0 Å². The number of allylic oxidation sites excluding steroid dienone is 6. The van der Waals surface area contributed by atoms with Crippen molar-refractivity contribution in [1.29, 1.82) is 0 Å². The summed E-state index contributed by atoms with van der Waals surface area (Å²) in [6.07, 6.45) is 23.8. The highest BCUT2D eigenvalue weighted by Crippen LogP contribution is 2.31. The number of likely N-dealkylation sites (tertiary alicyclic amines) is 1. The van der Waals surface area contributed by atoms with Gasteiger partial charge in [0.05, 0.1) is 0 Å². The molecule has 1 saturated heterocycles. The Morgan fingerprint density at radius 3 is 2.00 bits per heavy atom. The Kier molecular flexibility index (Phi) is 4.57. The van der Waals surface area contributed by atoms with E-state index in [1.165, 1.54) is 38.8 Å². The van der Waals surface area contributed by atoms with E-state index in [2.05, 4.69) is 60.4 Å². The smallest absolute Gasteiger partial charge is 0.0196 e. The van der Waals surface area contributed by atoms with Crippen LogP contribution in [-0.4, -0.2) is 24.0 Å². The number of hydrogen-bond donors (Lipinski definition) is 0. The second kappa shape index (κ2) is 6.58. The number of nitrogens with zero attached hydrogens (tertiary/aromatic N) is 1. The van der Waals surface area contributed by atoms with Gasteiger partial charge in [-0.15, -0.1) is 0 Å². The Hall–Kier alpha value is -1.08. The largest absolute Gasteiger partial charge is 0.299 e. The zero-order valence-corrected chi connectivity index (χ0v) is 12.6. The first kappa shape index (κ1) is 13.9. The van der Waals surface area contributed by atoms with Crippen molar-refractivity contribution in [2.75, 3.05) is 13.1 Å². The molecule has 108 valence electrons. The van der Waals surface area contributed by atoms with Gasteiger partial charge in [0, 0.05) is 12.0 Å². The van der Waals surface area contributed by atoms with Crippen LogP contribution in [-0.2, 0) is 0 Å². The summed E-state index contributed by atoms with van der Waals surface area (Å²) in [6.45, 7) is 5.02. The standard InChI is InChI=1S/C19H27N/c1-16(17-9-3-4-10-17)15-19(18-11-5-6-12-18)20-13-7-2-8-14-20/h3-6,9-12,16-19H,2,7-8,13-15H2,1H3. The van der Waals surface area contributed by atoms with E-state index in [-0.39, 0.29) is 0 Å². The van der Waals surface area contributed by atoms with Gasteiger partial charge in [-0.1, -0.05) is 62.0 Å². The van der Waals surface area contributed by atoms with Crippen molar-refractivity contribution < 1.29 is 0 Å². The third-order valence-electron chi connectivity index (χ3n) is 5.13. The summed E-state index contributed by atoms with van der Waals surface area (Å²) in [5, 5.41) is 0. The Bertz CT molecular complexity index is 399. The number of piperidine rings is 1. The van der Waals surface area contributed by atoms with Gasteiger partial charge in [0.25, 0.3) is 0 Å². The fourth-order valence-corrected chi connectivity index (χ4v) is 3.87. The molecule has 0 saturated carbocycles. The molecule has 0 radical (unpaired) electrons. The minimum Gasteiger partial charge on any atom is -0.299 e. The molecule has 0 amide bonds.